The van der Waals surface area contributed by atoms with E-state index >= 15 is 0 Å². The summed E-state index contributed by atoms with van der Waals surface area (Å²) in [5, 5.41) is 4.55. The summed E-state index contributed by atoms with van der Waals surface area (Å²) in [6.45, 7) is 9.12. The highest BCUT2D eigenvalue weighted by Crippen LogP contribution is 2.25. The molecule has 0 unspecified atom stereocenters. The molecule has 2 aromatic heterocycles. The highest BCUT2D eigenvalue weighted by Gasteiger charge is 2.26. The van der Waals surface area contributed by atoms with Gasteiger partial charge in [0.25, 0.3) is 5.96 Å². The van der Waals surface area contributed by atoms with Crippen molar-refractivity contribution in [1.29, 1.82) is 0 Å². The van der Waals surface area contributed by atoms with Gasteiger partial charge in [0, 0.05) is 24.8 Å². The Labute approximate surface area is 256 Å². The number of nitrogens with one attached hydrogen (secondary N) is 1. The van der Waals surface area contributed by atoms with Crippen molar-refractivity contribution in [3.05, 3.63) is 65.6 Å². The van der Waals surface area contributed by atoms with Crippen molar-refractivity contribution in [3.8, 4) is 0 Å². The van der Waals surface area contributed by atoms with Crippen LogP contribution in [-0.4, -0.2) is 60.0 Å². The molecule has 0 saturated carbocycles. The third kappa shape index (κ3) is 8.82. The average molecular weight is 605 g/mol. The maximum atomic E-state index is 13.1. The number of para-hydroxylation sites is 1. The minimum Gasteiger partial charge on any atom is -0.360 e. The number of rotatable bonds is 15. The second kappa shape index (κ2) is 15.0. The Morgan fingerprint density at radius 2 is 1.67 bits per heavy atom. The number of sulfonamides is 1. The molecule has 1 aliphatic rings. The lowest BCUT2D eigenvalue weighted by Gasteiger charge is -2.17. The van der Waals surface area contributed by atoms with Crippen LogP contribution >= 0.6 is 0 Å². The Morgan fingerprint density at radius 3 is 2.37 bits per heavy atom. The summed E-state index contributed by atoms with van der Waals surface area (Å²) in [5.41, 5.74) is 3.85. The van der Waals surface area contributed by atoms with E-state index in [4.69, 9.17) is 15.0 Å². The highest BCUT2D eigenvalue weighted by atomic mass is 32.2. The van der Waals surface area contributed by atoms with Gasteiger partial charge in [0.2, 0.25) is 10.0 Å². The van der Waals surface area contributed by atoms with Gasteiger partial charge in [-0.05, 0) is 51.0 Å². The van der Waals surface area contributed by atoms with Gasteiger partial charge in [-0.2, -0.15) is 10.1 Å². The number of aliphatic imine (C=N–C) groups is 3. The fourth-order valence-corrected chi connectivity index (χ4v) is 6.08. The highest BCUT2D eigenvalue weighted by molar-refractivity contribution is 7.92. The van der Waals surface area contributed by atoms with Crippen LogP contribution in [0, 0.1) is 13.8 Å². The molecule has 43 heavy (non-hydrogen) atoms. The lowest BCUT2D eigenvalue weighted by atomic mass is 10.1. The van der Waals surface area contributed by atoms with Crippen molar-refractivity contribution in [2.75, 3.05) is 29.0 Å². The first-order chi connectivity index (χ1) is 20.7. The molecule has 0 saturated heterocycles. The van der Waals surface area contributed by atoms with Crippen molar-refractivity contribution in [1.82, 2.24) is 14.8 Å². The Bertz CT molecular complexity index is 1570. The zero-order valence-electron chi connectivity index (χ0n) is 26.0. The molecule has 0 aliphatic carbocycles. The summed E-state index contributed by atoms with van der Waals surface area (Å²) in [4.78, 5) is 21.1. The van der Waals surface area contributed by atoms with E-state index in [1.807, 2.05) is 51.2 Å². The third-order valence-corrected chi connectivity index (χ3v) is 8.61. The van der Waals surface area contributed by atoms with Crippen molar-refractivity contribution < 1.29 is 8.42 Å². The van der Waals surface area contributed by atoms with Gasteiger partial charge in [0.05, 0.1) is 29.0 Å². The largest absolute Gasteiger partial charge is 0.360 e. The SMILES string of the molecule is CCCCCCCCS(=O)(=O)Nc1ccccc1C1=NC(n2nc(C)cc2C)=NC1=Nc1ccc(N(C)CCCC)nc1. The van der Waals surface area contributed by atoms with Crippen LogP contribution in [0.5, 0.6) is 0 Å². The molecule has 0 bridgehead atoms. The van der Waals surface area contributed by atoms with Gasteiger partial charge in [-0.15, -0.1) is 0 Å². The van der Waals surface area contributed by atoms with E-state index in [-0.39, 0.29) is 5.75 Å². The first-order valence-electron chi connectivity index (χ1n) is 15.3. The van der Waals surface area contributed by atoms with Crippen LogP contribution < -0.4 is 9.62 Å². The second-order valence-electron chi connectivity index (χ2n) is 11.0. The van der Waals surface area contributed by atoms with Gasteiger partial charge in [-0.3, -0.25) is 4.72 Å². The summed E-state index contributed by atoms with van der Waals surface area (Å²) < 4.78 is 30.6. The van der Waals surface area contributed by atoms with Crippen molar-refractivity contribution in [3.63, 3.8) is 0 Å². The Morgan fingerprint density at radius 1 is 0.930 bits per heavy atom. The number of amidine groups is 1. The van der Waals surface area contributed by atoms with Gasteiger partial charge in [0.15, 0.2) is 5.84 Å². The molecule has 0 spiro atoms. The van der Waals surface area contributed by atoms with E-state index in [0.717, 1.165) is 62.3 Å². The molecule has 0 atom stereocenters. The molecular weight excluding hydrogens is 560 g/mol. The molecule has 0 amide bonds. The van der Waals surface area contributed by atoms with Gasteiger partial charge >= 0.3 is 0 Å². The van der Waals surface area contributed by atoms with E-state index < -0.39 is 10.0 Å². The summed E-state index contributed by atoms with van der Waals surface area (Å²) in [6.07, 6.45) is 9.97. The predicted molar refractivity (Wildman–Crippen MR) is 178 cm³/mol. The van der Waals surface area contributed by atoms with E-state index in [1.54, 1.807) is 23.0 Å². The number of unbranched alkanes of at least 4 members (excludes halogenated alkanes) is 6. The van der Waals surface area contributed by atoms with Crippen LogP contribution in [0.4, 0.5) is 17.2 Å². The number of nitrogens with zero attached hydrogens (tertiary/aromatic N) is 7. The Balaban J connectivity index is 1.63. The summed E-state index contributed by atoms with van der Waals surface area (Å²) >= 11 is 0. The number of hydrogen-bond acceptors (Lipinski definition) is 7. The molecule has 3 heterocycles. The van der Waals surface area contributed by atoms with Crippen LogP contribution in [0.15, 0.2) is 63.6 Å². The van der Waals surface area contributed by atoms with E-state index in [1.165, 1.54) is 6.42 Å². The molecule has 230 valence electrons. The fourth-order valence-electron chi connectivity index (χ4n) is 4.88. The standard InChI is InChI=1S/C32H44N8O2S/c1-6-8-10-11-12-15-21-43(41,42)38-28-17-14-13-16-27(28)30-31(36-32(35-30)40-25(4)22-24(3)37-40)34-26-18-19-29(33-23-26)39(5)20-9-7-2/h13-14,16-19,22-23,38H,6-12,15,20-21H2,1-5H3. The minimum atomic E-state index is -3.56. The quantitative estimate of drug-likeness (QED) is 0.194. The fraction of sp³-hybridized carbons (Fsp3) is 0.469. The number of aromatic nitrogens is 3. The van der Waals surface area contributed by atoms with Crippen LogP contribution in [0.25, 0.3) is 0 Å². The first-order valence-corrected chi connectivity index (χ1v) is 16.9. The van der Waals surface area contributed by atoms with Crippen LogP contribution in [0.1, 0.15) is 82.2 Å². The van der Waals surface area contributed by atoms with Crippen molar-refractivity contribution in [2.45, 2.75) is 79.1 Å². The monoisotopic (exact) mass is 604 g/mol. The van der Waals surface area contributed by atoms with E-state index in [9.17, 15) is 8.42 Å². The molecule has 1 aliphatic heterocycles. The number of pyridine rings is 1. The van der Waals surface area contributed by atoms with Gasteiger partial charge < -0.3 is 4.90 Å². The normalized spacial score (nSPS) is 14.2. The molecule has 11 heteroatoms. The van der Waals surface area contributed by atoms with Crippen molar-refractivity contribution >= 4 is 44.7 Å². The zero-order valence-corrected chi connectivity index (χ0v) is 26.9. The topological polar surface area (TPSA) is 117 Å². The van der Waals surface area contributed by atoms with Crippen molar-refractivity contribution in [2.24, 2.45) is 15.0 Å². The van der Waals surface area contributed by atoms with Crippen LogP contribution in [0.3, 0.4) is 0 Å². The van der Waals surface area contributed by atoms with Gasteiger partial charge in [0.1, 0.15) is 11.5 Å². The molecule has 10 nitrogen and oxygen atoms in total. The number of anilines is 2. The molecule has 0 radical (unpaired) electrons. The van der Waals surface area contributed by atoms with Gasteiger partial charge in [-0.1, -0.05) is 70.6 Å². The smallest absolute Gasteiger partial charge is 0.253 e. The minimum absolute atomic E-state index is 0.0686. The van der Waals surface area contributed by atoms with E-state index in [0.29, 0.717) is 40.9 Å². The Hall–Kier alpha value is -3.86. The van der Waals surface area contributed by atoms with E-state index in [2.05, 4.69) is 33.6 Å². The summed E-state index contributed by atoms with van der Waals surface area (Å²) in [5.74, 6) is 1.67. The lowest BCUT2D eigenvalue weighted by Crippen LogP contribution is -2.20. The number of hydrogen-bond donors (Lipinski definition) is 1. The first kappa shape index (κ1) is 32.1. The summed E-state index contributed by atoms with van der Waals surface area (Å²) in [6, 6.07) is 13.0. The molecule has 1 aromatic carbocycles. The maximum Gasteiger partial charge on any atom is 0.253 e. The molecule has 3 aromatic rings. The second-order valence-corrected chi connectivity index (χ2v) is 12.9. The zero-order chi connectivity index (χ0) is 30.8. The summed E-state index contributed by atoms with van der Waals surface area (Å²) in [7, 11) is -1.53. The molecular formula is C32H44N8O2S. The average Bonchev–Trinajstić information content (AvgIpc) is 3.55. The Kier molecular flexibility index (Phi) is 11.2. The number of aryl methyl sites for hydroxylation is 2. The maximum absolute atomic E-state index is 13.1. The van der Waals surface area contributed by atoms with Crippen LogP contribution in [0.2, 0.25) is 0 Å². The van der Waals surface area contributed by atoms with Gasteiger partial charge in [-0.25, -0.2) is 28.1 Å². The molecule has 4 rings (SSSR count). The molecule has 1 N–H and O–H groups in total. The molecule has 0 fully saturated rings. The lowest BCUT2D eigenvalue weighted by molar-refractivity contribution is 0.588. The van der Waals surface area contributed by atoms with Crippen LogP contribution in [-0.2, 0) is 10.0 Å². The number of benzene rings is 1. The third-order valence-electron chi connectivity index (χ3n) is 7.25. The predicted octanol–water partition coefficient (Wildman–Crippen LogP) is 6.67.